The van der Waals surface area contributed by atoms with E-state index in [1.165, 1.54) is 25.7 Å². The average Bonchev–Trinajstić information content (AvgIpc) is 3.09. The van der Waals surface area contributed by atoms with Crippen LogP contribution in [0.1, 0.15) is 37.3 Å². The number of piperazine rings is 1. The lowest BCUT2D eigenvalue weighted by atomic mass is 10.1. The Labute approximate surface area is 126 Å². The molecule has 1 saturated carbocycles. The van der Waals surface area contributed by atoms with E-state index in [0.29, 0.717) is 0 Å². The Kier molecular flexibility index (Phi) is 4.56. The second-order valence-corrected chi connectivity index (χ2v) is 6.19. The van der Waals surface area contributed by atoms with Gasteiger partial charge in [0.2, 0.25) is 5.91 Å². The van der Waals surface area contributed by atoms with E-state index in [0.717, 1.165) is 37.8 Å². The topological polar surface area (TPSA) is 49.6 Å². The fraction of sp³-hybridized carbons (Fsp3) is 0.588. The molecule has 2 aliphatic rings. The summed E-state index contributed by atoms with van der Waals surface area (Å²) in [6.07, 6.45) is 5.39. The molecule has 1 aromatic rings. The van der Waals surface area contributed by atoms with Crippen molar-refractivity contribution >= 4 is 5.91 Å². The van der Waals surface area contributed by atoms with Crippen molar-refractivity contribution in [2.45, 2.75) is 37.8 Å². The first-order valence-corrected chi connectivity index (χ1v) is 8.09. The summed E-state index contributed by atoms with van der Waals surface area (Å²) in [4.78, 5) is 17.0. The number of rotatable bonds is 3. The third-order valence-electron chi connectivity index (χ3n) is 4.89. The molecule has 1 aliphatic heterocycles. The Morgan fingerprint density at radius 3 is 2.29 bits per heavy atom. The lowest BCUT2D eigenvalue weighted by molar-refractivity contribution is -0.134. The van der Waals surface area contributed by atoms with E-state index >= 15 is 0 Å². The average molecular weight is 287 g/mol. The van der Waals surface area contributed by atoms with Gasteiger partial charge >= 0.3 is 0 Å². The first kappa shape index (κ1) is 14.5. The van der Waals surface area contributed by atoms with Gasteiger partial charge in [-0.2, -0.15) is 0 Å². The first-order chi connectivity index (χ1) is 10.3. The molecule has 0 spiro atoms. The zero-order chi connectivity index (χ0) is 14.7. The van der Waals surface area contributed by atoms with Crippen LogP contribution in [-0.2, 0) is 4.79 Å². The van der Waals surface area contributed by atoms with Gasteiger partial charge in [0.05, 0.1) is 0 Å². The van der Waals surface area contributed by atoms with Crippen LogP contribution in [0.2, 0.25) is 0 Å². The smallest absolute Gasteiger partial charge is 0.244 e. The summed E-state index contributed by atoms with van der Waals surface area (Å²) < 4.78 is 0. The minimum absolute atomic E-state index is 0.0623. The summed E-state index contributed by atoms with van der Waals surface area (Å²) in [6.45, 7) is 3.63. The summed E-state index contributed by atoms with van der Waals surface area (Å²) in [5, 5.41) is 0. The van der Waals surface area contributed by atoms with Crippen molar-refractivity contribution in [1.82, 2.24) is 9.80 Å². The highest BCUT2D eigenvalue weighted by atomic mass is 16.2. The zero-order valence-electron chi connectivity index (χ0n) is 12.6. The number of nitrogens with zero attached hydrogens (tertiary/aromatic N) is 2. The third-order valence-corrected chi connectivity index (χ3v) is 4.89. The van der Waals surface area contributed by atoms with E-state index in [-0.39, 0.29) is 5.91 Å². The minimum atomic E-state index is -0.524. The van der Waals surface area contributed by atoms with Crippen molar-refractivity contribution in [3.8, 4) is 0 Å². The van der Waals surface area contributed by atoms with Crippen molar-refractivity contribution in [2.24, 2.45) is 5.73 Å². The largest absolute Gasteiger partial charge is 0.338 e. The zero-order valence-corrected chi connectivity index (χ0v) is 12.6. The van der Waals surface area contributed by atoms with Gasteiger partial charge < -0.3 is 10.6 Å². The summed E-state index contributed by atoms with van der Waals surface area (Å²) in [5.74, 6) is 0.0623. The molecule has 1 saturated heterocycles. The highest BCUT2D eigenvalue weighted by Gasteiger charge is 2.29. The molecule has 1 atom stereocenters. The Bertz CT molecular complexity index is 462. The fourth-order valence-corrected chi connectivity index (χ4v) is 3.58. The number of benzene rings is 1. The van der Waals surface area contributed by atoms with Crippen LogP contribution >= 0.6 is 0 Å². The highest BCUT2D eigenvalue weighted by molar-refractivity contribution is 5.83. The second-order valence-electron chi connectivity index (χ2n) is 6.19. The predicted octanol–water partition coefficient (Wildman–Crippen LogP) is 1.77. The number of nitrogens with two attached hydrogens (primary N) is 1. The van der Waals surface area contributed by atoms with E-state index in [9.17, 15) is 4.79 Å². The SMILES string of the molecule is N[C@@H](C(=O)N1CCN(C2CCCC2)CC1)c1ccccc1. The van der Waals surface area contributed by atoms with Crippen LogP contribution in [0, 0.1) is 0 Å². The number of hydrogen-bond acceptors (Lipinski definition) is 3. The summed E-state index contributed by atoms with van der Waals surface area (Å²) >= 11 is 0. The monoisotopic (exact) mass is 287 g/mol. The highest BCUT2D eigenvalue weighted by Crippen LogP contribution is 2.24. The molecule has 0 bridgehead atoms. The van der Waals surface area contributed by atoms with Gasteiger partial charge in [0.15, 0.2) is 0 Å². The molecule has 114 valence electrons. The van der Waals surface area contributed by atoms with E-state index in [2.05, 4.69) is 4.90 Å². The van der Waals surface area contributed by atoms with Gasteiger partial charge in [0.25, 0.3) is 0 Å². The number of hydrogen-bond donors (Lipinski definition) is 1. The maximum Gasteiger partial charge on any atom is 0.244 e. The van der Waals surface area contributed by atoms with Gasteiger partial charge in [-0.15, -0.1) is 0 Å². The van der Waals surface area contributed by atoms with Crippen molar-refractivity contribution < 1.29 is 4.79 Å². The van der Waals surface area contributed by atoms with E-state index in [1.807, 2.05) is 35.2 Å². The standard InChI is InChI=1S/C17H25N3O/c18-16(14-6-2-1-3-7-14)17(21)20-12-10-19(11-13-20)15-8-4-5-9-15/h1-3,6-7,15-16H,4-5,8-13,18H2/t16-/m1/s1. The molecule has 1 amide bonds. The molecular formula is C17H25N3O. The Morgan fingerprint density at radius 2 is 1.67 bits per heavy atom. The molecule has 21 heavy (non-hydrogen) atoms. The van der Waals surface area contributed by atoms with Gasteiger partial charge in [-0.05, 0) is 18.4 Å². The van der Waals surface area contributed by atoms with Crippen LogP contribution in [-0.4, -0.2) is 47.9 Å². The number of amides is 1. The maximum atomic E-state index is 12.5. The molecule has 4 nitrogen and oxygen atoms in total. The van der Waals surface area contributed by atoms with E-state index in [1.54, 1.807) is 0 Å². The fourth-order valence-electron chi connectivity index (χ4n) is 3.58. The minimum Gasteiger partial charge on any atom is -0.338 e. The molecule has 3 rings (SSSR count). The van der Waals surface area contributed by atoms with Gasteiger partial charge in [-0.25, -0.2) is 0 Å². The predicted molar refractivity (Wildman–Crippen MR) is 83.8 cm³/mol. The van der Waals surface area contributed by atoms with Gasteiger partial charge in [-0.1, -0.05) is 43.2 Å². The number of carbonyl (C=O) groups excluding carboxylic acids is 1. The quantitative estimate of drug-likeness (QED) is 0.922. The van der Waals surface area contributed by atoms with Crippen molar-refractivity contribution in [1.29, 1.82) is 0 Å². The normalized spacial score (nSPS) is 22.4. The molecule has 2 fully saturated rings. The Hall–Kier alpha value is -1.39. The maximum absolute atomic E-state index is 12.5. The summed E-state index contributed by atoms with van der Waals surface area (Å²) in [5.41, 5.74) is 7.02. The third kappa shape index (κ3) is 3.27. The van der Waals surface area contributed by atoms with Crippen molar-refractivity contribution in [3.63, 3.8) is 0 Å². The molecular weight excluding hydrogens is 262 g/mol. The Morgan fingerprint density at radius 1 is 1.05 bits per heavy atom. The van der Waals surface area contributed by atoms with Crippen LogP contribution < -0.4 is 5.73 Å². The molecule has 1 heterocycles. The molecule has 2 N–H and O–H groups in total. The first-order valence-electron chi connectivity index (χ1n) is 8.09. The molecule has 1 aliphatic carbocycles. The van der Waals surface area contributed by atoms with Crippen LogP contribution in [0.4, 0.5) is 0 Å². The van der Waals surface area contributed by atoms with Crippen molar-refractivity contribution in [3.05, 3.63) is 35.9 Å². The lowest BCUT2D eigenvalue weighted by Gasteiger charge is -2.38. The molecule has 0 aromatic heterocycles. The summed E-state index contributed by atoms with van der Waals surface area (Å²) in [6, 6.07) is 9.89. The van der Waals surface area contributed by atoms with Gasteiger partial charge in [-0.3, -0.25) is 9.69 Å². The molecule has 1 aromatic carbocycles. The van der Waals surface area contributed by atoms with Crippen molar-refractivity contribution in [2.75, 3.05) is 26.2 Å². The molecule has 0 unspecified atom stereocenters. The Balaban J connectivity index is 1.55. The molecule has 4 heteroatoms. The summed E-state index contributed by atoms with van der Waals surface area (Å²) in [7, 11) is 0. The van der Waals surface area contributed by atoms with E-state index < -0.39 is 6.04 Å². The van der Waals surface area contributed by atoms with Crippen LogP contribution in [0.15, 0.2) is 30.3 Å². The van der Waals surface area contributed by atoms with Crippen LogP contribution in [0.3, 0.4) is 0 Å². The number of carbonyl (C=O) groups is 1. The van der Waals surface area contributed by atoms with Crippen LogP contribution in [0.5, 0.6) is 0 Å². The van der Waals surface area contributed by atoms with Gasteiger partial charge in [0.1, 0.15) is 6.04 Å². The second kappa shape index (κ2) is 6.58. The van der Waals surface area contributed by atoms with E-state index in [4.69, 9.17) is 5.73 Å². The van der Waals surface area contributed by atoms with Crippen LogP contribution in [0.25, 0.3) is 0 Å². The van der Waals surface area contributed by atoms with Gasteiger partial charge in [0, 0.05) is 32.2 Å². The lowest BCUT2D eigenvalue weighted by Crippen LogP contribution is -2.53. The molecule has 0 radical (unpaired) electrons.